The first-order chi connectivity index (χ1) is 15.5. The van der Waals surface area contributed by atoms with E-state index in [1.807, 2.05) is 13.0 Å². The van der Waals surface area contributed by atoms with E-state index in [9.17, 15) is 14.4 Å². The van der Waals surface area contributed by atoms with Crippen molar-refractivity contribution >= 4 is 17.7 Å². The normalized spacial score (nSPS) is 23.3. The third-order valence-electron chi connectivity index (χ3n) is 6.81. The van der Waals surface area contributed by atoms with Crippen molar-refractivity contribution in [2.75, 3.05) is 6.54 Å². The molecule has 2 aliphatic carbocycles. The van der Waals surface area contributed by atoms with Crippen molar-refractivity contribution in [2.24, 2.45) is 0 Å². The first-order valence-electron chi connectivity index (χ1n) is 11.5. The van der Waals surface area contributed by atoms with Gasteiger partial charge < -0.3 is 24.5 Å². The summed E-state index contributed by atoms with van der Waals surface area (Å²) in [5.41, 5.74) is -0.626. The second-order valence-corrected chi connectivity index (χ2v) is 9.29. The summed E-state index contributed by atoms with van der Waals surface area (Å²) in [5, 5.41) is 5.99. The van der Waals surface area contributed by atoms with Crippen LogP contribution in [0.5, 0.6) is 0 Å². The van der Waals surface area contributed by atoms with Crippen LogP contribution in [0.4, 0.5) is 0 Å². The van der Waals surface area contributed by atoms with E-state index in [1.165, 1.54) is 6.33 Å². The molecule has 0 radical (unpaired) electrons. The molecule has 9 nitrogen and oxygen atoms in total. The van der Waals surface area contributed by atoms with Crippen molar-refractivity contribution in [2.45, 2.75) is 76.0 Å². The lowest BCUT2D eigenvalue weighted by atomic mass is 9.93. The monoisotopic (exact) mass is 439 g/mol. The van der Waals surface area contributed by atoms with Crippen LogP contribution in [0.2, 0.25) is 0 Å². The molecule has 2 fully saturated rings. The smallest absolute Gasteiger partial charge is 0.274 e. The molecule has 170 valence electrons. The number of imidazole rings is 1. The van der Waals surface area contributed by atoms with Gasteiger partial charge in [0, 0.05) is 25.0 Å². The van der Waals surface area contributed by atoms with Crippen LogP contribution < -0.4 is 10.6 Å². The Balaban J connectivity index is 1.35. The Hall–Kier alpha value is -3.10. The molecular weight excluding hydrogens is 410 g/mol. The van der Waals surface area contributed by atoms with Crippen LogP contribution in [-0.4, -0.2) is 56.3 Å². The molecule has 32 heavy (non-hydrogen) atoms. The van der Waals surface area contributed by atoms with Crippen LogP contribution in [-0.2, 0) is 17.8 Å². The number of fused-ring (bicyclic) bond motifs is 1. The third-order valence-corrected chi connectivity index (χ3v) is 6.81. The zero-order chi connectivity index (χ0) is 22.3. The molecule has 1 atom stereocenters. The van der Waals surface area contributed by atoms with E-state index in [4.69, 9.17) is 4.42 Å². The molecule has 0 saturated heterocycles. The second kappa shape index (κ2) is 8.11. The van der Waals surface area contributed by atoms with E-state index >= 15 is 0 Å². The van der Waals surface area contributed by atoms with Gasteiger partial charge in [-0.1, -0.05) is 12.8 Å². The van der Waals surface area contributed by atoms with Crippen molar-refractivity contribution in [3.63, 3.8) is 0 Å². The molecule has 0 aromatic carbocycles. The van der Waals surface area contributed by atoms with Gasteiger partial charge in [0.05, 0.1) is 19.1 Å². The van der Waals surface area contributed by atoms with Crippen molar-refractivity contribution < 1.29 is 18.8 Å². The number of hydrogen-bond acceptors (Lipinski definition) is 5. The molecule has 2 aromatic rings. The number of carbonyl (C=O) groups excluding carboxylic acids is 3. The number of furan rings is 1. The average molecular weight is 440 g/mol. The number of hydrogen-bond donors (Lipinski definition) is 2. The van der Waals surface area contributed by atoms with Gasteiger partial charge in [-0.2, -0.15) is 0 Å². The van der Waals surface area contributed by atoms with Gasteiger partial charge in [0.15, 0.2) is 5.69 Å². The number of rotatable bonds is 7. The average Bonchev–Trinajstić information content (AvgIpc) is 3.16. The lowest BCUT2D eigenvalue weighted by molar-refractivity contribution is -0.134. The largest absolute Gasteiger partial charge is 0.469 e. The Labute approximate surface area is 186 Å². The highest BCUT2D eigenvalue weighted by molar-refractivity contribution is 6.07. The fourth-order valence-corrected chi connectivity index (χ4v) is 4.97. The summed E-state index contributed by atoms with van der Waals surface area (Å²) >= 11 is 0. The third kappa shape index (κ3) is 3.69. The standard InChI is InChI=1S/C23H29N5O4/c1-23(22(31)26-15-5-2-3-6-15)13-27-14-25-18(19(27)21(30)28(23)16-8-9-16)20(29)24-11-10-17-7-4-12-32-17/h4,7,12,14-16H,2-3,5-6,8-11,13H2,1H3,(H,24,29)(H,26,31). The second-order valence-electron chi connectivity index (χ2n) is 9.29. The van der Waals surface area contributed by atoms with Crippen LogP contribution in [0.1, 0.15) is 72.2 Å². The van der Waals surface area contributed by atoms with Crippen molar-refractivity contribution in [3.05, 3.63) is 41.9 Å². The predicted octanol–water partition coefficient (Wildman–Crippen LogP) is 1.88. The fraction of sp³-hybridized carbons (Fsp3) is 0.565. The maximum Gasteiger partial charge on any atom is 0.274 e. The highest BCUT2D eigenvalue weighted by Gasteiger charge is 2.54. The number of nitrogens with one attached hydrogen (secondary N) is 2. The summed E-state index contributed by atoms with van der Waals surface area (Å²) in [7, 11) is 0. The number of nitrogens with zero attached hydrogens (tertiary/aromatic N) is 3. The maximum atomic E-state index is 13.6. The van der Waals surface area contributed by atoms with Gasteiger partial charge in [-0.05, 0) is 44.7 Å². The lowest BCUT2D eigenvalue weighted by Crippen LogP contribution is -2.65. The van der Waals surface area contributed by atoms with Gasteiger partial charge in [-0.15, -0.1) is 0 Å². The molecule has 2 aromatic heterocycles. The Morgan fingerprint density at radius 1 is 1.25 bits per heavy atom. The molecule has 2 saturated carbocycles. The lowest BCUT2D eigenvalue weighted by Gasteiger charge is -2.44. The van der Waals surface area contributed by atoms with E-state index in [2.05, 4.69) is 15.6 Å². The minimum atomic E-state index is -0.998. The SMILES string of the molecule is CC1(C(=O)NC2CCCC2)Cn2cnc(C(=O)NCCc3ccco3)c2C(=O)N1C1CC1. The Kier molecular flexibility index (Phi) is 5.27. The number of aromatic nitrogens is 2. The highest BCUT2D eigenvalue weighted by Crippen LogP contribution is 2.39. The fourth-order valence-electron chi connectivity index (χ4n) is 4.97. The van der Waals surface area contributed by atoms with Crippen LogP contribution in [0.25, 0.3) is 0 Å². The van der Waals surface area contributed by atoms with Crippen molar-refractivity contribution in [1.82, 2.24) is 25.1 Å². The van der Waals surface area contributed by atoms with Gasteiger partial charge in [-0.25, -0.2) is 4.98 Å². The summed E-state index contributed by atoms with van der Waals surface area (Å²) in [6.45, 7) is 2.50. The summed E-state index contributed by atoms with van der Waals surface area (Å²) in [4.78, 5) is 45.7. The van der Waals surface area contributed by atoms with Gasteiger partial charge in [-0.3, -0.25) is 14.4 Å². The molecule has 3 amide bonds. The van der Waals surface area contributed by atoms with Gasteiger partial charge >= 0.3 is 0 Å². The first-order valence-corrected chi connectivity index (χ1v) is 11.5. The quantitative estimate of drug-likeness (QED) is 0.685. The molecule has 3 heterocycles. The highest BCUT2D eigenvalue weighted by atomic mass is 16.3. The summed E-state index contributed by atoms with van der Waals surface area (Å²) in [6.07, 6.45) is 9.60. The number of amides is 3. The molecule has 2 N–H and O–H groups in total. The first kappa shape index (κ1) is 20.8. The van der Waals surface area contributed by atoms with Crippen LogP contribution in [0, 0.1) is 0 Å². The summed E-state index contributed by atoms with van der Waals surface area (Å²) in [5.74, 6) is -0.0319. The van der Waals surface area contributed by atoms with Crippen LogP contribution >= 0.6 is 0 Å². The van der Waals surface area contributed by atoms with Gasteiger partial charge in [0.2, 0.25) is 5.91 Å². The molecular formula is C23H29N5O4. The van der Waals surface area contributed by atoms with Gasteiger partial charge in [0.25, 0.3) is 11.8 Å². The molecule has 3 aliphatic rings. The van der Waals surface area contributed by atoms with Gasteiger partial charge in [0.1, 0.15) is 17.0 Å². The van der Waals surface area contributed by atoms with E-state index in [0.29, 0.717) is 13.0 Å². The molecule has 1 unspecified atom stereocenters. The minimum Gasteiger partial charge on any atom is -0.469 e. The van der Waals surface area contributed by atoms with E-state index in [1.54, 1.807) is 21.8 Å². The number of carbonyl (C=O) groups is 3. The van der Waals surface area contributed by atoms with Crippen molar-refractivity contribution in [1.29, 1.82) is 0 Å². The Morgan fingerprint density at radius 2 is 2.03 bits per heavy atom. The zero-order valence-electron chi connectivity index (χ0n) is 18.3. The molecule has 0 bridgehead atoms. The zero-order valence-corrected chi connectivity index (χ0v) is 18.3. The van der Waals surface area contributed by atoms with Crippen LogP contribution in [0.15, 0.2) is 29.1 Å². The minimum absolute atomic E-state index is 0.0281. The van der Waals surface area contributed by atoms with E-state index < -0.39 is 11.4 Å². The summed E-state index contributed by atoms with van der Waals surface area (Å²) in [6, 6.07) is 3.85. The van der Waals surface area contributed by atoms with Crippen LogP contribution in [0.3, 0.4) is 0 Å². The maximum absolute atomic E-state index is 13.6. The topological polar surface area (TPSA) is 109 Å². The molecule has 5 rings (SSSR count). The van der Waals surface area contributed by atoms with E-state index in [-0.39, 0.29) is 41.8 Å². The summed E-state index contributed by atoms with van der Waals surface area (Å²) < 4.78 is 6.95. The molecule has 1 aliphatic heterocycles. The molecule has 9 heteroatoms. The van der Waals surface area contributed by atoms with Crippen molar-refractivity contribution in [3.8, 4) is 0 Å². The Bertz CT molecular complexity index is 1020. The van der Waals surface area contributed by atoms with E-state index in [0.717, 1.165) is 44.3 Å². The predicted molar refractivity (Wildman–Crippen MR) is 115 cm³/mol. The molecule has 0 spiro atoms. The Morgan fingerprint density at radius 3 is 2.72 bits per heavy atom.